The van der Waals surface area contributed by atoms with Crippen molar-refractivity contribution in [2.75, 3.05) is 26.4 Å². The highest BCUT2D eigenvalue weighted by molar-refractivity contribution is 7.80. The average molecular weight is 999 g/mol. The maximum Gasteiger partial charge on any atom is 0.397 e. The molecule has 0 amide bonds. The first-order valence-corrected chi connectivity index (χ1v) is 29.3. The number of aliphatic hydroxyl groups is 3. The molecule has 4 N–H and O–H groups in total. The van der Waals surface area contributed by atoms with E-state index in [2.05, 4.69) is 66.6 Å². The zero-order valence-corrected chi connectivity index (χ0v) is 44.4. The van der Waals surface area contributed by atoms with Crippen LogP contribution in [0.3, 0.4) is 0 Å². The van der Waals surface area contributed by atoms with Crippen LogP contribution in [0, 0.1) is 0 Å². The van der Waals surface area contributed by atoms with Gasteiger partial charge in [0, 0.05) is 13.0 Å². The van der Waals surface area contributed by atoms with E-state index in [1.807, 2.05) is 0 Å². The third-order valence-electron chi connectivity index (χ3n) is 12.7. The molecule has 1 aliphatic rings. The topological polar surface area (TPSA) is 178 Å². The fourth-order valence-electron chi connectivity index (χ4n) is 8.44. The van der Waals surface area contributed by atoms with Gasteiger partial charge in [-0.2, -0.15) is 8.42 Å². The van der Waals surface area contributed by atoms with Crippen LogP contribution >= 0.6 is 0 Å². The Morgan fingerprint density at radius 3 is 1.39 bits per heavy atom. The van der Waals surface area contributed by atoms with E-state index in [4.69, 9.17) is 18.9 Å². The summed E-state index contributed by atoms with van der Waals surface area (Å²) in [5.74, 6) is -0.402. The van der Waals surface area contributed by atoms with Crippen molar-refractivity contribution in [3.63, 3.8) is 0 Å². The molecule has 0 aliphatic carbocycles. The first kappa shape index (κ1) is 65.1. The minimum atomic E-state index is -5.07. The highest BCUT2D eigenvalue weighted by atomic mass is 32.3. The van der Waals surface area contributed by atoms with Crippen molar-refractivity contribution in [2.24, 2.45) is 0 Å². The molecule has 12 nitrogen and oxygen atoms in total. The second kappa shape index (κ2) is 47.1. The minimum Gasteiger partial charge on any atom is -0.457 e. The van der Waals surface area contributed by atoms with Crippen LogP contribution < -0.4 is 0 Å². The zero-order chi connectivity index (χ0) is 50.3. The molecule has 1 saturated heterocycles. The minimum absolute atomic E-state index is 0.0290. The summed E-state index contributed by atoms with van der Waals surface area (Å²) in [6.45, 7) is 3.97. The van der Waals surface area contributed by atoms with E-state index in [0.29, 0.717) is 13.0 Å². The maximum absolute atomic E-state index is 12.9. The Bertz CT molecular complexity index is 1380. The van der Waals surface area contributed by atoms with E-state index in [-0.39, 0.29) is 19.6 Å². The smallest absolute Gasteiger partial charge is 0.397 e. The van der Waals surface area contributed by atoms with Gasteiger partial charge in [0.05, 0.1) is 19.8 Å². The van der Waals surface area contributed by atoms with Gasteiger partial charge in [-0.25, -0.2) is 4.18 Å². The Balaban J connectivity index is 2.31. The van der Waals surface area contributed by atoms with Crippen LogP contribution in [0.4, 0.5) is 0 Å². The first-order valence-electron chi connectivity index (χ1n) is 27.9. The van der Waals surface area contributed by atoms with Crippen LogP contribution in [0.15, 0.2) is 48.6 Å². The number of ether oxygens (including phenoxy) is 4. The van der Waals surface area contributed by atoms with Crippen LogP contribution in [0.5, 0.6) is 0 Å². The van der Waals surface area contributed by atoms with E-state index < -0.39 is 59.8 Å². The zero-order valence-electron chi connectivity index (χ0n) is 43.6. The molecule has 13 heteroatoms. The highest BCUT2D eigenvalue weighted by Gasteiger charge is 2.48. The van der Waals surface area contributed by atoms with Crippen LogP contribution in [0.2, 0.25) is 0 Å². The Kier molecular flexibility index (Phi) is 44.4. The Labute approximate surface area is 421 Å². The summed E-state index contributed by atoms with van der Waals surface area (Å²) in [5, 5.41) is 30.8. The van der Waals surface area contributed by atoms with E-state index in [1.165, 1.54) is 148 Å². The number of carbonyl (C=O) groups is 1. The summed E-state index contributed by atoms with van der Waals surface area (Å²) in [7, 11) is -5.07. The number of aliphatic hydroxyl groups excluding tert-OH is 3. The van der Waals surface area contributed by atoms with Gasteiger partial charge in [-0.15, -0.1) is 0 Å². The highest BCUT2D eigenvalue weighted by Crippen LogP contribution is 2.26. The van der Waals surface area contributed by atoms with Crippen molar-refractivity contribution in [1.82, 2.24) is 0 Å². The number of unbranched alkanes of at least 4 members (excludes halogenated alkanes) is 28. The average Bonchev–Trinajstić information content (AvgIpc) is 3.32. The van der Waals surface area contributed by atoms with Crippen LogP contribution in [-0.4, -0.2) is 97.5 Å². The molecular formula is C56H102O12S. The van der Waals surface area contributed by atoms with Crippen LogP contribution in [0.25, 0.3) is 0 Å². The molecule has 0 aromatic rings. The number of hydrogen-bond acceptors (Lipinski definition) is 11. The van der Waals surface area contributed by atoms with Gasteiger partial charge in [-0.1, -0.05) is 204 Å². The van der Waals surface area contributed by atoms with Gasteiger partial charge >= 0.3 is 16.4 Å². The van der Waals surface area contributed by atoms with Gasteiger partial charge in [0.1, 0.15) is 30.5 Å². The van der Waals surface area contributed by atoms with Crippen LogP contribution in [-0.2, 0) is 38.3 Å². The Hall–Kier alpha value is -1.94. The Morgan fingerprint density at radius 1 is 0.551 bits per heavy atom. The molecule has 6 unspecified atom stereocenters. The molecule has 0 aromatic carbocycles. The molecule has 1 rings (SSSR count). The summed E-state index contributed by atoms with van der Waals surface area (Å²) >= 11 is 0. The molecule has 1 heterocycles. The molecule has 404 valence electrons. The van der Waals surface area contributed by atoms with Gasteiger partial charge in [0.2, 0.25) is 0 Å². The lowest BCUT2D eigenvalue weighted by Gasteiger charge is -2.41. The van der Waals surface area contributed by atoms with E-state index in [1.54, 1.807) is 0 Å². The SMILES string of the molecule is CCCCCC/C=C\C/C=C\CCCCCCCCOCC(COC1OC(CO)C(O)C(OS(=O)(=O)O)C1O)OC(=O)CCCCCCCCCCCCCCC/C=C\C/C=C\CCCCCCC. The third kappa shape index (κ3) is 40.3. The second-order valence-corrected chi connectivity index (χ2v) is 20.2. The fraction of sp³-hybridized carbons (Fsp3) is 0.839. The summed E-state index contributed by atoms with van der Waals surface area (Å²) in [4.78, 5) is 12.9. The second-order valence-electron chi connectivity index (χ2n) is 19.2. The lowest BCUT2D eigenvalue weighted by molar-refractivity contribution is -0.301. The van der Waals surface area contributed by atoms with Gasteiger partial charge < -0.3 is 34.3 Å². The summed E-state index contributed by atoms with van der Waals surface area (Å²) in [6.07, 6.45) is 50.0. The van der Waals surface area contributed by atoms with E-state index >= 15 is 0 Å². The molecule has 69 heavy (non-hydrogen) atoms. The molecule has 1 fully saturated rings. The number of carbonyl (C=O) groups excluding carboxylic acids is 1. The third-order valence-corrected chi connectivity index (χ3v) is 13.1. The van der Waals surface area contributed by atoms with Gasteiger partial charge in [-0.05, 0) is 77.0 Å². The molecule has 0 bridgehead atoms. The molecule has 1 aliphatic heterocycles. The van der Waals surface area contributed by atoms with E-state index in [9.17, 15) is 33.1 Å². The summed E-state index contributed by atoms with van der Waals surface area (Å²) in [6, 6.07) is 0. The monoisotopic (exact) mass is 999 g/mol. The summed E-state index contributed by atoms with van der Waals surface area (Å²) in [5.41, 5.74) is 0. The number of esters is 1. The van der Waals surface area contributed by atoms with Gasteiger partial charge in [-0.3, -0.25) is 9.35 Å². The summed E-state index contributed by atoms with van der Waals surface area (Å²) < 4.78 is 59.3. The van der Waals surface area contributed by atoms with Crippen molar-refractivity contribution >= 4 is 16.4 Å². The van der Waals surface area contributed by atoms with Crippen molar-refractivity contribution in [3.8, 4) is 0 Å². The molecule has 0 saturated carbocycles. The number of allylic oxidation sites excluding steroid dienone is 8. The number of hydrogen-bond donors (Lipinski definition) is 4. The van der Waals surface area contributed by atoms with Crippen molar-refractivity contribution in [2.45, 2.75) is 275 Å². The van der Waals surface area contributed by atoms with Crippen molar-refractivity contribution < 1.29 is 56.2 Å². The fourth-order valence-corrected chi connectivity index (χ4v) is 8.95. The van der Waals surface area contributed by atoms with Crippen molar-refractivity contribution in [1.29, 1.82) is 0 Å². The quantitative estimate of drug-likeness (QED) is 0.0196. The molecule has 0 spiro atoms. The van der Waals surface area contributed by atoms with Crippen LogP contribution in [0.1, 0.15) is 239 Å². The van der Waals surface area contributed by atoms with Gasteiger partial charge in [0.25, 0.3) is 0 Å². The molecule has 6 atom stereocenters. The molecular weight excluding hydrogens is 897 g/mol. The van der Waals surface area contributed by atoms with Crippen molar-refractivity contribution in [3.05, 3.63) is 48.6 Å². The lowest BCUT2D eigenvalue weighted by atomic mass is 9.99. The predicted molar refractivity (Wildman–Crippen MR) is 280 cm³/mol. The largest absolute Gasteiger partial charge is 0.457 e. The predicted octanol–water partition coefficient (Wildman–Crippen LogP) is 13.5. The Morgan fingerprint density at radius 2 is 0.957 bits per heavy atom. The van der Waals surface area contributed by atoms with Gasteiger partial charge in [0.15, 0.2) is 6.29 Å². The lowest BCUT2D eigenvalue weighted by Crippen LogP contribution is -2.60. The maximum atomic E-state index is 12.9. The first-order chi connectivity index (χ1) is 33.6. The van der Waals surface area contributed by atoms with E-state index in [0.717, 1.165) is 64.2 Å². The molecule has 0 radical (unpaired) electrons. The standard InChI is InChI=1S/C56H102O12S/c1-3-5-7-9-11-13-15-17-19-21-22-23-24-25-26-27-28-29-31-33-35-37-39-41-43-45-52(58)66-50(49-65-56-54(60)55(68-69(61,62)63)53(59)51(47-57)67-56)48-64-46-44-42-40-38-36-34-32-30-20-18-16-14-12-10-8-6-4-2/h14-17,20-22,30,50-51,53-57,59-60H,3-13,18-19,23-29,31-49H2,1-2H3,(H,61,62,63)/b16-14-,17-15-,22-21-,30-20-. The normalized spacial score (nSPS) is 19.5. The molecule has 0 aromatic heterocycles. The number of rotatable bonds is 49.